The number of fused-ring (bicyclic) bond motifs is 4. The van der Waals surface area contributed by atoms with E-state index in [2.05, 4.69) is 25.4 Å². The van der Waals surface area contributed by atoms with Crippen molar-refractivity contribution in [2.45, 2.75) is 179 Å². The van der Waals surface area contributed by atoms with Crippen molar-refractivity contribution in [3.8, 4) is 0 Å². The number of hydrogen-bond acceptors (Lipinski definition) is 31. The molecule has 5 aliphatic heterocycles. The standard InChI is InChI=1S/C24H26N2O8S.C19H20N2O6S.C19H18N2O5S.C16H17NO7.C8H11NO2S/c1-14(27)33-20(22(29)25-19(24(31)32-3)11-18-9-6-10-35-18)21(34-15(2)28)23(30)26-12-16-7-4-5-8-17(16)13-26;22-15(17(24)20-14(19(26)27)8-13-6-3-7-28-13)16(23)18(25)21-9-11-4-1-2-5-12(11)10-21;22-15(18(24)21-9-11-4-1-2-5-12(11)10-21)16-17(23)20-14(19(25)26-16)8-13-6-3-7-27-13;1-9(18)23-13(14(16(21)22)24-10(2)19)15(20)17-7-11-5-3-4-6-12(11)8-17;1-11-8(10)7(9)5-6-3-2-4-12-6/h4-10,19-21H,11-13H2,1-3H3,(H,25,29);1-7,14-16,22-23H,8-10H2,(H,20,24)(H,26,27);1-7,14-16,22H,8-10H2,(H,20,23);3-6,13-14H,7-8H2,1-2H3,(H,21,22);2-4,7H,5,9H2,1H3/t19?,20-,21-;2*14?,15-,16-;13-,14-;/m1111./s1. The summed E-state index contributed by atoms with van der Waals surface area (Å²) < 4.78 is 34.3. The number of methoxy groups -OCH3 is 2. The number of hydrogen-bond donors (Lipinski definition) is 9. The number of carbonyl (C=O) groups excluding carboxylic acids is 14. The Morgan fingerprint density at radius 1 is 0.421 bits per heavy atom. The Labute approximate surface area is 737 Å². The smallest absolute Gasteiger partial charge is 0.349 e. The number of cyclic esters (lactones) is 1. The molecular weight excluding hydrogens is 1720 g/mol. The number of nitrogens with zero attached hydrogens (tertiary/aromatic N) is 4. The van der Waals surface area contributed by atoms with E-state index in [1.54, 1.807) is 41.0 Å². The van der Waals surface area contributed by atoms with Crippen molar-refractivity contribution in [2.24, 2.45) is 5.73 Å². The van der Waals surface area contributed by atoms with Crippen molar-refractivity contribution in [1.29, 1.82) is 0 Å². The first kappa shape index (κ1) is 96.9. The number of thiophene rings is 4. The molecule has 40 heteroatoms. The zero-order valence-electron chi connectivity index (χ0n) is 68.7. The quantitative estimate of drug-likeness (QED) is 0.0251. The van der Waals surface area contributed by atoms with Crippen molar-refractivity contribution in [1.82, 2.24) is 35.6 Å². The summed E-state index contributed by atoms with van der Waals surface area (Å²) in [5.74, 6) is -13.6. The van der Waals surface area contributed by atoms with E-state index < -0.39 is 162 Å². The molecule has 36 nitrogen and oxygen atoms in total. The summed E-state index contributed by atoms with van der Waals surface area (Å²) in [5.41, 5.74) is 13.1. The number of nitrogens with two attached hydrogens (primary N) is 1. The van der Waals surface area contributed by atoms with Crippen LogP contribution in [0.1, 0.15) is 91.7 Å². The Bertz CT molecular complexity index is 5110. The highest BCUT2D eigenvalue weighted by molar-refractivity contribution is 7.10. The van der Waals surface area contributed by atoms with Gasteiger partial charge in [0, 0.05) is 125 Å². The van der Waals surface area contributed by atoms with E-state index in [4.69, 9.17) is 29.4 Å². The zero-order chi connectivity index (χ0) is 91.6. The maximum atomic E-state index is 13.4. The zero-order valence-corrected chi connectivity index (χ0v) is 72.0. The minimum absolute atomic E-state index is 0.0386. The second-order valence-corrected chi connectivity index (χ2v) is 32.9. The highest BCUT2D eigenvalue weighted by atomic mass is 32.1. The third kappa shape index (κ3) is 27.0. The Balaban J connectivity index is 0.000000183. The molecule has 668 valence electrons. The van der Waals surface area contributed by atoms with Gasteiger partial charge in [-0.2, -0.15) is 0 Å². The first-order valence-electron chi connectivity index (χ1n) is 38.8. The summed E-state index contributed by atoms with van der Waals surface area (Å²) in [5, 5.41) is 63.8. The number of benzene rings is 4. The molecule has 0 radical (unpaired) electrons. The number of carbonyl (C=O) groups is 16. The number of aliphatic hydroxyl groups is 3. The van der Waals surface area contributed by atoms with Crippen LogP contribution in [0, 0.1) is 0 Å². The number of nitrogens with one attached hydrogen (secondary N) is 3. The van der Waals surface area contributed by atoms with Crippen molar-refractivity contribution >= 4 is 140 Å². The van der Waals surface area contributed by atoms with Crippen LogP contribution in [-0.4, -0.2) is 227 Å². The molecule has 0 spiro atoms. The Hall–Kier alpha value is -13.0. The largest absolute Gasteiger partial charge is 0.480 e. The number of ether oxygens (including phenoxy) is 7. The van der Waals surface area contributed by atoms with Crippen LogP contribution in [0.2, 0.25) is 0 Å². The van der Waals surface area contributed by atoms with Crippen LogP contribution >= 0.6 is 45.3 Å². The molecule has 4 unspecified atom stereocenters. The molecule has 12 atom stereocenters. The molecule has 0 bridgehead atoms. The fourth-order valence-corrected chi connectivity index (χ4v) is 16.5. The van der Waals surface area contributed by atoms with Gasteiger partial charge in [-0.25, -0.2) is 19.2 Å². The van der Waals surface area contributed by atoms with Gasteiger partial charge in [0.1, 0.15) is 24.2 Å². The molecule has 1 saturated heterocycles. The Morgan fingerprint density at radius 3 is 1.11 bits per heavy atom. The summed E-state index contributed by atoms with van der Waals surface area (Å²) in [6.07, 6.45) is -13.5. The summed E-state index contributed by atoms with van der Waals surface area (Å²) in [6, 6.07) is 40.7. The average Bonchev–Trinajstić information content (AvgIpc) is 1.61. The molecule has 9 heterocycles. The van der Waals surface area contributed by atoms with E-state index in [0.717, 1.165) is 91.7 Å². The van der Waals surface area contributed by atoms with Crippen molar-refractivity contribution < 1.29 is 135 Å². The molecule has 126 heavy (non-hydrogen) atoms. The van der Waals surface area contributed by atoms with Gasteiger partial charge in [0.05, 0.1) is 14.2 Å². The molecule has 0 aliphatic carbocycles. The van der Waals surface area contributed by atoms with E-state index >= 15 is 0 Å². The fourth-order valence-electron chi connectivity index (χ4n) is 13.5. The van der Waals surface area contributed by atoms with Gasteiger partial charge in [-0.1, -0.05) is 121 Å². The molecule has 0 saturated carbocycles. The van der Waals surface area contributed by atoms with Crippen LogP contribution in [0.3, 0.4) is 0 Å². The number of carboxylic acids is 2. The predicted octanol–water partition coefficient (Wildman–Crippen LogP) is 3.35. The lowest BCUT2D eigenvalue weighted by Crippen LogP contribution is -2.60. The summed E-state index contributed by atoms with van der Waals surface area (Å²) in [7, 11) is 2.52. The first-order valence-corrected chi connectivity index (χ1v) is 42.4. The number of amides is 7. The Morgan fingerprint density at radius 2 is 0.754 bits per heavy atom. The first-order chi connectivity index (χ1) is 60.1. The SMILES string of the molecule is CC(=O)O[C@@H](C(=O)O)[C@@H](OC(C)=O)C(=O)N1Cc2ccccc2C1.COC(=O)C(Cc1cccs1)NC(=O)[C@H](OC(C)=O)[C@@H](OC(C)=O)C(=O)N1Cc2ccccc2C1.COC(=O)C(N)Cc1cccs1.O=C(O)C(Cc1cccs1)NC(=O)[C@H](O)[C@@H](O)C(=O)N1Cc2ccccc2C1.O=C1O[C@H]([C@@H](O)C(=O)N2Cc3ccccc3C2)C(=O)NC1Cc1cccs1. The minimum Gasteiger partial charge on any atom is -0.480 e. The lowest BCUT2D eigenvalue weighted by atomic mass is 10.1. The van der Waals surface area contributed by atoms with Gasteiger partial charge in [0.25, 0.3) is 41.4 Å². The van der Waals surface area contributed by atoms with Gasteiger partial charge in [0.2, 0.25) is 30.5 Å². The van der Waals surface area contributed by atoms with E-state index in [0.29, 0.717) is 25.9 Å². The second-order valence-electron chi connectivity index (χ2n) is 28.8. The van der Waals surface area contributed by atoms with Crippen LogP contribution in [-0.2, 0) is 188 Å². The molecule has 13 rings (SSSR count). The van der Waals surface area contributed by atoms with Crippen LogP contribution in [0.25, 0.3) is 0 Å². The summed E-state index contributed by atoms with van der Waals surface area (Å²) in [6.45, 7) is 6.47. The van der Waals surface area contributed by atoms with Crippen LogP contribution < -0.4 is 21.7 Å². The van der Waals surface area contributed by atoms with E-state index in [9.17, 15) is 102 Å². The fraction of sp³-hybridized carbons (Fsp3) is 0.349. The highest BCUT2D eigenvalue weighted by Crippen LogP contribution is 2.30. The molecule has 8 aromatic rings. The minimum atomic E-state index is -2.07. The van der Waals surface area contributed by atoms with E-state index in [-0.39, 0.29) is 58.1 Å². The molecule has 1 fully saturated rings. The van der Waals surface area contributed by atoms with Crippen LogP contribution in [0.5, 0.6) is 0 Å². The summed E-state index contributed by atoms with van der Waals surface area (Å²) in [4.78, 5) is 202. The van der Waals surface area contributed by atoms with Gasteiger partial charge >= 0.3 is 53.7 Å². The average molecular weight is 1810 g/mol. The number of rotatable bonds is 28. The number of morpholine rings is 1. The van der Waals surface area contributed by atoms with Crippen molar-refractivity contribution in [3.05, 3.63) is 231 Å². The van der Waals surface area contributed by atoms with Gasteiger partial charge in [-0.15, -0.1) is 45.3 Å². The molecule has 7 amide bonds. The lowest BCUT2D eigenvalue weighted by Gasteiger charge is -2.31. The number of aliphatic carboxylic acids is 2. The van der Waals surface area contributed by atoms with Crippen molar-refractivity contribution in [2.75, 3.05) is 14.2 Å². The Kier molecular flexibility index (Phi) is 35.5. The maximum Gasteiger partial charge on any atom is 0.349 e. The van der Waals surface area contributed by atoms with E-state index in [1.165, 1.54) is 67.8 Å². The summed E-state index contributed by atoms with van der Waals surface area (Å²) >= 11 is 5.78. The van der Waals surface area contributed by atoms with Gasteiger partial charge < -0.3 is 100.0 Å². The third-order valence-corrected chi connectivity index (χ3v) is 23.3. The predicted molar refractivity (Wildman–Crippen MR) is 448 cm³/mol. The molecule has 4 aromatic heterocycles. The molecule has 4 aromatic carbocycles. The van der Waals surface area contributed by atoms with Gasteiger partial charge in [0.15, 0.2) is 18.3 Å². The highest BCUT2D eigenvalue weighted by Gasteiger charge is 2.48. The number of carboxylic acid groups (broad SMARTS) is 2. The topological polar surface area (TPSA) is 514 Å². The lowest BCUT2D eigenvalue weighted by molar-refractivity contribution is -0.183. The monoisotopic (exact) mass is 1810 g/mol. The number of aliphatic hydroxyl groups excluding tert-OH is 3. The second kappa shape index (κ2) is 46.1. The normalized spacial score (nSPS) is 16.7. The van der Waals surface area contributed by atoms with Crippen molar-refractivity contribution in [3.63, 3.8) is 0 Å². The molecule has 5 aliphatic rings. The van der Waals surface area contributed by atoms with Crippen LogP contribution in [0.15, 0.2) is 167 Å². The molecule has 10 N–H and O–H groups in total. The third-order valence-electron chi connectivity index (χ3n) is 19.7. The van der Waals surface area contributed by atoms with Gasteiger partial charge in [-0.3, -0.25) is 57.5 Å². The van der Waals surface area contributed by atoms with E-state index in [1.807, 2.05) is 137 Å². The number of esters is 7. The van der Waals surface area contributed by atoms with Crippen LogP contribution in [0.4, 0.5) is 0 Å². The maximum absolute atomic E-state index is 13.4. The molecular formula is C86H92N8O28S4. The van der Waals surface area contributed by atoms with Gasteiger partial charge in [-0.05, 0) is 90.3 Å².